The Kier molecular flexibility index (Phi) is 4.81. The molecule has 0 heterocycles. The summed E-state index contributed by atoms with van der Waals surface area (Å²) in [6.45, 7) is 4.34. The van der Waals surface area contributed by atoms with Crippen molar-refractivity contribution in [3.8, 4) is 0 Å². The molecule has 0 heteroatoms. The number of allylic oxidation sites excluding steroid dienone is 10. The Balaban J connectivity index is 2.04. The molecule has 0 saturated heterocycles. The second kappa shape index (κ2) is 7.40. The summed E-state index contributed by atoms with van der Waals surface area (Å²) in [4.78, 5) is 0. The molecule has 0 nitrogen and oxygen atoms in total. The van der Waals surface area contributed by atoms with Gasteiger partial charge >= 0.3 is 0 Å². The first-order chi connectivity index (χ1) is 13.3. The van der Waals surface area contributed by atoms with Crippen LogP contribution in [0.15, 0.2) is 119 Å². The zero-order chi connectivity index (χ0) is 18.7. The van der Waals surface area contributed by atoms with Crippen molar-refractivity contribution in [2.45, 2.75) is 32.1 Å². The average molecular weight is 351 g/mol. The molecule has 0 N–H and O–H groups in total. The highest BCUT2D eigenvalue weighted by molar-refractivity contribution is 5.74. The van der Waals surface area contributed by atoms with Gasteiger partial charge < -0.3 is 0 Å². The second-order valence-electron chi connectivity index (χ2n) is 7.21. The molecule has 0 spiro atoms. The highest BCUT2D eigenvalue weighted by atomic mass is 14.5. The monoisotopic (exact) mass is 350 g/mol. The summed E-state index contributed by atoms with van der Waals surface area (Å²) in [5.41, 5.74) is 8.17. The third-order valence-corrected chi connectivity index (χ3v) is 5.79. The van der Waals surface area contributed by atoms with Gasteiger partial charge in [-0.05, 0) is 60.1 Å². The van der Waals surface area contributed by atoms with E-state index < -0.39 is 0 Å². The van der Waals surface area contributed by atoms with Gasteiger partial charge in [0.2, 0.25) is 0 Å². The lowest BCUT2D eigenvalue weighted by atomic mass is 9.67. The molecule has 2 aromatic rings. The quantitative estimate of drug-likeness (QED) is 0.565. The fourth-order valence-corrected chi connectivity index (χ4v) is 4.70. The first-order valence-electron chi connectivity index (χ1n) is 9.82. The van der Waals surface area contributed by atoms with Crippen molar-refractivity contribution in [2.24, 2.45) is 0 Å². The summed E-state index contributed by atoms with van der Waals surface area (Å²) in [6, 6.07) is 21.9. The van der Waals surface area contributed by atoms with Crippen LogP contribution in [0.1, 0.15) is 31.4 Å². The first kappa shape index (κ1) is 17.5. The van der Waals surface area contributed by atoms with Crippen molar-refractivity contribution in [2.75, 3.05) is 0 Å². The average Bonchev–Trinajstić information content (AvgIpc) is 2.85. The molecule has 2 aliphatic carbocycles. The van der Waals surface area contributed by atoms with E-state index in [0.717, 1.165) is 12.8 Å². The molecule has 0 radical (unpaired) electrons. The van der Waals surface area contributed by atoms with E-state index in [1.807, 2.05) is 0 Å². The molecule has 2 aromatic carbocycles. The van der Waals surface area contributed by atoms with Gasteiger partial charge in [-0.25, -0.2) is 0 Å². The van der Waals surface area contributed by atoms with Crippen molar-refractivity contribution in [1.29, 1.82) is 0 Å². The van der Waals surface area contributed by atoms with E-state index in [0.29, 0.717) is 0 Å². The molecule has 2 aliphatic rings. The van der Waals surface area contributed by atoms with Crippen LogP contribution in [0.4, 0.5) is 0 Å². The maximum absolute atomic E-state index is 2.37. The van der Waals surface area contributed by atoms with Crippen molar-refractivity contribution >= 4 is 0 Å². The molecule has 1 unspecified atom stereocenters. The highest BCUT2D eigenvalue weighted by Gasteiger charge is 2.46. The van der Waals surface area contributed by atoms with Crippen LogP contribution in [-0.2, 0) is 11.8 Å². The van der Waals surface area contributed by atoms with E-state index in [1.165, 1.54) is 33.4 Å². The van der Waals surface area contributed by atoms with Gasteiger partial charge in [-0.3, -0.25) is 0 Å². The number of hydrogen-bond acceptors (Lipinski definition) is 0. The normalized spacial score (nSPS) is 24.5. The lowest BCUT2D eigenvalue weighted by molar-refractivity contribution is 0.620. The van der Waals surface area contributed by atoms with Gasteiger partial charge in [-0.1, -0.05) is 97.1 Å². The van der Waals surface area contributed by atoms with Crippen molar-refractivity contribution < 1.29 is 0 Å². The lowest BCUT2D eigenvalue weighted by Gasteiger charge is -2.35. The minimum Gasteiger partial charge on any atom is -0.0826 e. The number of rotatable bonds is 3. The summed E-state index contributed by atoms with van der Waals surface area (Å²) < 4.78 is 0. The highest BCUT2D eigenvalue weighted by Crippen LogP contribution is 2.55. The Morgan fingerprint density at radius 2 is 1.48 bits per heavy atom. The third kappa shape index (κ3) is 2.86. The van der Waals surface area contributed by atoms with Crippen LogP contribution in [0.3, 0.4) is 0 Å². The first-order valence-corrected chi connectivity index (χ1v) is 9.82. The summed E-state index contributed by atoms with van der Waals surface area (Å²) >= 11 is 0. The van der Waals surface area contributed by atoms with Gasteiger partial charge in [0.1, 0.15) is 0 Å². The Hall–Kier alpha value is -2.86. The zero-order valence-electron chi connectivity index (χ0n) is 16.2. The molecule has 134 valence electrons. The molecule has 1 atom stereocenters. The van der Waals surface area contributed by atoms with Gasteiger partial charge in [0, 0.05) is 5.41 Å². The van der Waals surface area contributed by atoms with E-state index >= 15 is 0 Å². The topological polar surface area (TPSA) is 0 Å². The van der Waals surface area contributed by atoms with Crippen LogP contribution >= 0.6 is 0 Å². The molecule has 0 aliphatic heterocycles. The minimum absolute atomic E-state index is 0.153. The number of benzene rings is 2. The summed E-state index contributed by atoms with van der Waals surface area (Å²) in [7, 11) is 0. The fourth-order valence-electron chi connectivity index (χ4n) is 4.70. The lowest BCUT2D eigenvalue weighted by Crippen LogP contribution is -2.30. The van der Waals surface area contributed by atoms with E-state index in [1.54, 1.807) is 0 Å². The van der Waals surface area contributed by atoms with Crippen LogP contribution in [-0.4, -0.2) is 0 Å². The maximum Gasteiger partial charge on any atom is 0.0500 e. The molecule has 0 aromatic heterocycles. The molecule has 0 saturated carbocycles. The van der Waals surface area contributed by atoms with E-state index in [9.17, 15) is 0 Å². The van der Waals surface area contributed by atoms with Gasteiger partial charge in [0.15, 0.2) is 0 Å². The summed E-state index contributed by atoms with van der Waals surface area (Å²) in [6.07, 6.45) is 15.8. The standard InChI is InChI=1S/C27H26/c1-3-23-24-18-12-7-13-19-26(24)27(25(23)4-2,22-16-10-6-11-17-22)20-21-14-8-5-9-15-21/h3-6,8-19H,7,20H2,1-2H3/b23-3-,25-4+. The van der Waals surface area contributed by atoms with Gasteiger partial charge in [0.05, 0.1) is 0 Å². The van der Waals surface area contributed by atoms with Crippen molar-refractivity contribution in [1.82, 2.24) is 0 Å². The Labute approximate surface area is 163 Å². The molecular formula is C27H26. The smallest absolute Gasteiger partial charge is 0.0500 e. The predicted octanol–water partition coefficient (Wildman–Crippen LogP) is 6.89. The van der Waals surface area contributed by atoms with E-state index in [2.05, 4.69) is 111 Å². The molecule has 0 amide bonds. The van der Waals surface area contributed by atoms with Crippen molar-refractivity contribution in [3.63, 3.8) is 0 Å². The largest absolute Gasteiger partial charge is 0.0826 e. The van der Waals surface area contributed by atoms with Crippen LogP contribution < -0.4 is 0 Å². The van der Waals surface area contributed by atoms with Gasteiger partial charge in [-0.15, -0.1) is 0 Å². The fraction of sp³-hybridized carbons (Fsp3) is 0.185. The number of hydrogen-bond donors (Lipinski definition) is 0. The summed E-state index contributed by atoms with van der Waals surface area (Å²) in [5, 5.41) is 0. The minimum atomic E-state index is -0.153. The van der Waals surface area contributed by atoms with Gasteiger partial charge in [-0.2, -0.15) is 0 Å². The molecular weight excluding hydrogens is 324 g/mol. The van der Waals surface area contributed by atoms with Crippen LogP contribution in [0.25, 0.3) is 0 Å². The molecule has 0 fully saturated rings. The molecule has 0 bridgehead atoms. The van der Waals surface area contributed by atoms with E-state index in [-0.39, 0.29) is 5.41 Å². The van der Waals surface area contributed by atoms with Crippen LogP contribution in [0.5, 0.6) is 0 Å². The second-order valence-corrected chi connectivity index (χ2v) is 7.21. The Morgan fingerprint density at radius 1 is 0.815 bits per heavy atom. The SMILES string of the molecule is C/C=C1/C2=C(C=CCC=C2)C(Cc2ccccc2)(c2ccccc2)/C1=C/C. The van der Waals surface area contributed by atoms with Crippen LogP contribution in [0, 0.1) is 0 Å². The predicted molar refractivity (Wildman–Crippen MR) is 116 cm³/mol. The third-order valence-electron chi connectivity index (χ3n) is 5.79. The van der Waals surface area contributed by atoms with E-state index in [4.69, 9.17) is 0 Å². The van der Waals surface area contributed by atoms with Gasteiger partial charge in [0.25, 0.3) is 0 Å². The van der Waals surface area contributed by atoms with Crippen molar-refractivity contribution in [3.05, 3.63) is 131 Å². The Bertz CT molecular complexity index is 965. The molecule has 27 heavy (non-hydrogen) atoms. The maximum atomic E-state index is 2.37. The zero-order valence-corrected chi connectivity index (χ0v) is 16.2. The Morgan fingerprint density at radius 3 is 2.15 bits per heavy atom. The molecule has 4 rings (SSSR count). The summed E-state index contributed by atoms with van der Waals surface area (Å²) in [5.74, 6) is 0. The van der Waals surface area contributed by atoms with Crippen LogP contribution in [0.2, 0.25) is 0 Å².